The van der Waals surface area contributed by atoms with Gasteiger partial charge in [0.1, 0.15) is 12.0 Å². The van der Waals surface area contributed by atoms with Gasteiger partial charge in [-0.1, -0.05) is 18.2 Å². The summed E-state index contributed by atoms with van der Waals surface area (Å²) in [5.41, 5.74) is 3.50. The molecule has 2 aromatic carbocycles. The van der Waals surface area contributed by atoms with Crippen molar-refractivity contribution in [3.63, 3.8) is 0 Å². The summed E-state index contributed by atoms with van der Waals surface area (Å²) in [6, 6.07) is 13.0. The molecule has 0 bridgehead atoms. The van der Waals surface area contributed by atoms with Crippen molar-refractivity contribution in [2.75, 3.05) is 17.0 Å². The van der Waals surface area contributed by atoms with E-state index in [0.717, 1.165) is 22.5 Å². The Morgan fingerprint density at radius 3 is 2.38 bits per heavy atom. The molecule has 1 aliphatic heterocycles. The fourth-order valence-electron chi connectivity index (χ4n) is 3.11. The van der Waals surface area contributed by atoms with E-state index in [1.54, 1.807) is 36.4 Å². The smallest absolute Gasteiger partial charge is 0.175 e. The monoisotopic (exact) mass is 432 g/mol. The summed E-state index contributed by atoms with van der Waals surface area (Å²) >= 11 is 5.81. The van der Waals surface area contributed by atoms with Crippen LogP contribution in [0.3, 0.4) is 0 Å². The van der Waals surface area contributed by atoms with Crippen LogP contribution in [0, 0.1) is 5.82 Å². The number of hydrogen-bond acceptors (Lipinski definition) is 4. The third-order valence-corrected chi connectivity index (χ3v) is 5.91. The van der Waals surface area contributed by atoms with Gasteiger partial charge in [-0.15, -0.1) is 11.6 Å². The van der Waals surface area contributed by atoms with Crippen LogP contribution in [0.5, 0.6) is 0 Å². The highest BCUT2D eigenvalue weighted by molar-refractivity contribution is 7.90. The van der Waals surface area contributed by atoms with Crippen molar-refractivity contribution < 1.29 is 12.8 Å². The first-order valence-corrected chi connectivity index (χ1v) is 11.5. The number of alkyl halides is 1. The number of rotatable bonds is 6. The van der Waals surface area contributed by atoms with Crippen LogP contribution in [-0.4, -0.2) is 26.7 Å². The van der Waals surface area contributed by atoms with E-state index in [9.17, 15) is 12.8 Å². The highest BCUT2D eigenvalue weighted by Crippen LogP contribution is 2.30. The molecule has 0 fully saturated rings. The molecule has 4 nitrogen and oxygen atoms in total. The molecule has 1 unspecified atom stereocenters. The van der Waals surface area contributed by atoms with Crippen molar-refractivity contribution in [3.8, 4) is 0 Å². The minimum atomic E-state index is -3.27. The molecule has 7 heteroatoms. The van der Waals surface area contributed by atoms with E-state index < -0.39 is 9.84 Å². The van der Waals surface area contributed by atoms with E-state index in [4.69, 9.17) is 11.6 Å². The molecule has 3 rings (SSSR count). The molecule has 152 valence electrons. The topological polar surface area (TPSA) is 49.4 Å². The zero-order valence-electron chi connectivity index (χ0n) is 16.1. The second-order valence-corrected chi connectivity index (χ2v) is 8.94. The van der Waals surface area contributed by atoms with Crippen LogP contribution in [0.4, 0.5) is 10.1 Å². The maximum Gasteiger partial charge on any atom is 0.175 e. The van der Waals surface area contributed by atoms with Gasteiger partial charge >= 0.3 is 0 Å². The van der Waals surface area contributed by atoms with Crippen LogP contribution < -0.4 is 10.2 Å². The van der Waals surface area contributed by atoms with Crippen molar-refractivity contribution in [2.45, 2.75) is 18.0 Å². The Morgan fingerprint density at radius 1 is 1.17 bits per heavy atom. The number of allylic oxidation sites excluding steroid dienone is 2. The van der Waals surface area contributed by atoms with Crippen LogP contribution in [0.25, 0.3) is 5.70 Å². The predicted molar refractivity (Wildman–Crippen MR) is 117 cm³/mol. The minimum Gasteiger partial charge on any atom is -0.360 e. The van der Waals surface area contributed by atoms with Crippen molar-refractivity contribution in [2.24, 2.45) is 0 Å². The number of anilines is 1. The van der Waals surface area contributed by atoms with Crippen LogP contribution in [0.1, 0.15) is 12.5 Å². The number of benzene rings is 2. The first kappa shape index (κ1) is 21.1. The van der Waals surface area contributed by atoms with Gasteiger partial charge in [0, 0.05) is 24.0 Å². The van der Waals surface area contributed by atoms with E-state index in [1.807, 2.05) is 36.3 Å². The first-order valence-electron chi connectivity index (χ1n) is 9.05. The Morgan fingerprint density at radius 2 is 1.83 bits per heavy atom. The molecule has 0 spiro atoms. The van der Waals surface area contributed by atoms with E-state index in [-0.39, 0.29) is 16.9 Å². The zero-order valence-corrected chi connectivity index (χ0v) is 17.7. The molecule has 1 N–H and O–H groups in total. The van der Waals surface area contributed by atoms with Crippen molar-refractivity contribution in [3.05, 3.63) is 89.9 Å². The lowest BCUT2D eigenvalue weighted by molar-refractivity contribution is 0.602. The third-order valence-electron chi connectivity index (χ3n) is 4.61. The van der Waals surface area contributed by atoms with Crippen LogP contribution >= 0.6 is 11.6 Å². The Hall–Kier alpha value is -2.57. The average molecular weight is 433 g/mol. The molecular formula is C22H22ClFN2O2S. The van der Waals surface area contributed by atoms with Gasteiger partial charge in [0.25, 0.3) is 0 Å². The minimum absolute atomic E-state index is 0.219. The number of sulfone groups is 1. The van der Waals surface area contributed by atoms with E-state index >= 15 is 0 Å². The molecule has 1 aliphatic rings. The normalized spacial score (nSPS) is 17.5. The second-order valence-electron chi connectivity index (χ2n) is 6.62. The summed E-state index contributed by atoms with van der Waals surface area (Å²) in [5, 5.41) is 3.46. The number of hydrogen-bond donors (Lipinski definition) is 1. The van der Waals surface area contributed by atoms with E-state index in [0.29, 0.717) is 5.88 Å². The molecule has 1 atom stereocenters. The molecule has 0 saturated heterocycles. The van der Waals surface area contributed by atoms with Crippen molar-refractivity contribution >= 4 is 32.8 Å². The van der Waals surface area contributed by atoms with Crippen LogP contribution in [-0.2, 0) is 9.84 Å². The summed E-state index contributed by atoms with van der Waals surface area (Å²) in [5.74, 6) is 0.0991. The van der Waals surface area contributed by atoms with Crippen molar-refractivity contribution in [1.82, 2.24) is 5.32 Å². The fourth-order valence-corrected chi connectivity index (χ4v) is 3.83. The molecule has 1 heterocycles. The lowest BCUT2D eigenvalue weighted by Gasteiger charge is -2.27. The molecule has 29 heavy (non-hydrogen) atoms. The van der Waals surface area contributed by atoms with Gasteiger partial charge in [-0.3, -0.25) is 0 Å². The van der Waals surface area contributed by atoms with Gasteiger partial charge in [0.2, 0.25) is 0 Å². The highest BCUT2D eigenvalue weighted by Gasteiger charge is 2.27. The predicted octanol–water partition coefficient (Wildman–Crippen LogP) is 4.70. The van der Waals surface area contributed by atoms with Crippen LogP contribution in [0.2, 0.25) is 0 Å². The van der Waals surface area contributed by atoms with Gasteiger partial charge in [-0.05, 0) is 66.6 Å². The Labute approximate surface area is 175 Å². The van der Waals surface area contributed by atoms with Gasteiger partial charge in [0.15, 0.2) is 9.84 Å². The molecule has 0 radical (unpaired) electrons. The fraction of sp³-hybridized carbons (Fsp3) is 0.182. The average Bonchev–Trinajstić information content (AvgIpc) is 3.14. The summed E-state index contributed by atoms with van der Waals surface area (Å²) in [6.45, 7) is 1.94. The number of nitrogens with one attached hydrogen (secondary N) is 1. The summed E-state index contributed by atoms with van der Waals surface area (Å²) in [7, 11) is -3.27. The molecule has 0 aliphatic carbocycles. The van der Waals surface area contributed by atoms with Gasteiger partial charge in [-0.2, -0.15) is 0 Å². The SMILES string of the molecule is C/C=C(\C=C/CCl)C1NC(c2ccc(F)cc2)=CN1c1ccc(S(C)(=O)=O)cc1. The van der Waals surface area contributed by atoms with Crippen molar-refractivity contribution in [1.29, 1.82) is 0 Å². The number of halogens is 2. The van der Waals surface area contributed by atoms with Gasteiger partial charge in [-0.25, -0.2) is 12.8 Å². The zero-order chi connectivity index (χ0) is 21.0. The Kier molecular flexibility index (Phi) is 6.45. The summed E-state index contributed by atoms with van der Waals surface area (Å²) in [6.07, 6.45) is 8.70. The maximum atomic E-state index is 13.3. The molecule has 0 saturated carbocycles. The molecule has 2 aromatic rings. The van der Waals surface area contributed by atoms with E-state index in [1.165, 1.54) is 18.4 Å². The van der Waals surface area contributed by atoms with Gasteiger partial charge < -0.3 is 10.2 Å². The molecule has 0 aromatic heterocycles. The first-order chi connectivity index (χ1) is 13.8. The molecule has 0 amide bonds. The Bertz CT molecular complexity index is 1060. The summed E-state index contributed by atoms with van der Waals surface area (Å²) in [4.78, 5) is 2.28. The number of nitrogens with zero attached hydrogens (tertiary/aromatic N) is 1. The highest BCUT2D eigenvalue weighted by atomic mass is 35.5. The molecular weight excluding hydrogens is 411 g/mol. The Balaban J connectivity index is 2.01. The van der Waals surface area contributed by atoms with Gasteiger partial charge in [0.05, 0.1) is 10.6 Å². The quantitative estimate of drug-likeness (QED) is 0.530. The summed E-state index contributed by atoms with van der Waals surface area (Å²) < 4.78 is 36.9. The lowest BCUT2D eigenvalue weighted by atomic mass is 10.1. The van der Waals surface area contributed by atoms with Crippen LogP contribution in [0.15, 0.2) is 83.4 Å². The lowest BCUT2D eigenvalue weighted by Crippen LogP contribution is -2.37. The maximum absolute atomic E-state index is 13.3. The van der Waals surface area contributed by atoms with E-state index in [2.05, 4.69) is 5.32 Å². The third kappa shape index (κ3) is 4.89. The largest absolute Gasteiger partial charge is 0.360 e. The standard InChI is InChI=1S/C22H22ClFN2O2S/c1-3-16(5-4-14-23)22-25-21(17-6-8-18(24)9-7-17)15-26(22)19-10-12-20(13-11-19)29(2,27)28/h3-13,15,22,25H,14H2,1-2H3/b5-4-,16-3+. The second kappa shape index (κ2) is 8.84.